The Balaban J connectivity index is 1.28. The predicted octanol–water partition coefficient (Wildman–Crippen LogP) is 4.55. The number of halogens is 1. The van der Waals surface area contributed by atoms with Gasteiger partial charge in [0.15, 0.2) is 0 Å². The second-order valence-corrected chi connectivity index (χ2v) is 8.09. The Bertz CT molecular complexity index is 1320. The molecule has 0 aliphatic rings. The topological polar surface area (TPSA) is 84.7 Å². The van der Waals surface area contributed by atoms with Crippen LogP contribution in [0.15, 0.2) is 67.0 Å². The number of rotatable bonds is 7. The molecule has 0 saturated heterocycles. The largest absolute Gasteiger partial charge is 0.487 e. The standard InChI is InChI=1S/C25H23ClN4O3/c1-16-5-10-22(21(26)12-16)29-23(31)13-27-25(32)18-6-8-20(9-7-18)33-15-19-14-30-11-3-4-17(2)24(30)28-19/h3-12,14H,13,15H2,1-2H3,(H,27,32)(H,29,31). The van der Waals surface area contributed by atoms with Gasteiger partial charge in [-0.1, -0.05) is 23.7 Å². The number of fused-ring (bicyclic) bond motifs is 1. The third-order valence-corrected chi connectivity index (χ3v) is 5.35. The van der Waals surface area contributed by atoms with Crippen LogP contribution in [-0.4, -0.2) is 27.7 Å². The Morgan fingerprint density at radius 3 is 2.61 bits per heavy atom. The molecule has 33 heavy (non-hydrogen) atoms. The van der Waals surface area contributed by atoms with Crippen molar-refractivity contribution in [3.8, 4) is 5.75 Å². The molecule has 0 aliphatic carbocycles. The minimum absolute atomic E-state index is 0.172. The number of carbonyl (C=O) groups excluding carboxylic acids is 2. The summed E-state index contributed by atoms with van der Waals surface area (Å²) in [5.41, 5.74) is 4.72. The van der Waals surface area contributed by atoms with Gasteiger partial charge >= 0.3 is 0 Å². The van der Waals surface area contributed by atoms with Gasteiger partial charge in [-0.2, -0.15) is 0 Å². The first-order chi connectivity index (χ1) is 15.9. The van der Waals surface area contributed by atoms with E-state index >= 15 is 0 Å². The molecule has 0 spiro atoms. The minimum Gasteiger partial charge on any atom is -0.487 e. The number of imidazole rings is 1. The normalized spacial score (nSPS) is 10.8. The van der Waals surface area contributed by atoms with E-state index in [0.717, 1.165) is 22.5 Å². The number of ether oxygens (including phenoxy) is 1. The van der Waals surface area contributed by atoms with Gasteiger partial charge in [-0.25, -0.2) is 4.98 Å². The number of nitrogens with one attached hydrogen (secondary N) is 2. The van der Waals surface area contributed by atoms with Crippen LogP contribution < -0.4 is 15.4 Å². The third-order valence-electron chi connectivity index (χ3n) is 5.04. The van der Waals surface area contributed by atoms with E-state index in [1.807, 2.05) is 48.8 Å². The van der Waals surface area contributed by atoms with Crippen molar-refractivity contribution in [1.29, 1.82) is 0 Å². The highest BCUT2D eigenvalue weighted by molar-refractivity contribution is 6.33. The van der Waals surface area contributed by atoms with Crippen molar-refractivity contribution in [2.45, 2.75) is 20.5 Å². The van der Waals surface area contributed by atoms with Gasteiger partial charge in [0.2, 0.25) is 5.91 Å². The molecule has 4 rings (SSSR count). The molecule has 168 valence electrons. The SMILES string of the molecule is Cc1ccc(NC(=O)CNC(=O)c2ccc(OCc3cn4cccc(C)c4n3)cc2)c(Cl)c1. The van der Waals surface area contributed by atoms with Gasteiger partial charge < -0.3 is 19.8 Å². The van der Waals surface area contributed by atoms with E-state index < -0.39 is 0 Å². The van der Waals surface area contributed by atoms with Crippen LogP contribution in [0.2, 0.25) is 5.02 Å². The summed E-state index contributed by atoms with van der Waals surface area (Å²) in [5.74, 6) is -0.105. The number of hydrogen-bond acceptors (Lipinski definition) is 4. The summed E-state index contributed by atoms with van der Waals surface area (Å²) in [6.45, 7) is 4.06. The summed E-state index contributed by atoms with van der Waals surface area (Å²) in [5, 5.41) is 5.73. The zero-order valence-electron chi connectivity index (χ0n) is 18.3. The van der Waals surface area contributed by atoms with Gasteiger partial charge in [0.1, 0.15) is 18.0 Å². The molecule has 2 aromatic heterocycles. The molecule has 8 heteroatoms. The number of pyridine rings is 1. The Kier molecular flexibility index (Phi) is 6.60. The first-order valence-corrected chi connectivity index (χ1v) is 10.8. The first kappa shape index (κ1) is 22.4. The average Bonchev–Trinajstić information content (AvgIpc) is 3.23. The number of aryl methyl sites for hydroxylation is 2. The lowest BCUT2D eigenvalue weighted by Crippen LogP contribution is -2.32. The maximum absolute atomic E-state index is 12.4. The van der Waals surface area contributed by atoms with E-state index in [9.17, 15) is 9.59 Å². The monoisotopic (exact) mass is 462 g/mol. The quantitative estimate of drug-likeness (QED) is 0.422. The Morgan fingerprint density at radius 2 is 1.88 bits per heavy atom. The van der Waals surface area contributed by atoms with Crippen molar-refractivity contribution in [3.05, 3.63) is 94.4 Å². The average molecular weight is 463 g/mol. The van der Waals surface area contributed by atoms with Crippen LogP contribution >= 0.6 is 11.6 Å². The van der Waals surface area contributed by atoms with Gasteiger partial charge in [0, 0.05) is 18.0 Å². The highest BCUT2D eigenvalue weighted by Crippen LogP contribution is 2.22. The molecule has 0 fully saturated rings. The molecule has 2 heterocycles. The minimum atomic E-state index is -0.364. The van der Waals surface area contributed by atoms with Crippen LogP contribution in [0.25, 0.3) is 5.65 Å². The summed E-state index contributed by atoms with van der Waals surface area (Å²) < 4.78 is 7.76. The van der Waals surface area contributed by atoms with Crippen molar-refractivity contribution in [3.63, 3.8) is 0 Å². The van der Waals surface area contributed by atoms with Gasteiger partial charge in [0.05, 0.1) is 22.9 Å². The van der Waals surface area contributed by atoms with Gasteiger partial charge in [-0.15, -0.1) is 0 Å². The number of aromatic nitrogens is 2. The van der Waals surface area contributed by atoms with Gasteiger partial charge in [0.25, 0.3) is 5.91 Å². The van der Waals surface area contributed by atoms with E-state index in [0.29, 0.717) is 28.6 Å². The van der Waals surface area contributed by atoms with Crippen molar-refractivity contribution in [2.24, 2.45) is 0 Å². The van der Waals surface area contributed by atoms with E-state index in [1.165, 1.54) is 0 Å². The summed E-state index contributed by atoms with van der Waals surface area (Å²) in [4.78, 5) is 29.1. The zero-order valence-corrected chi connectivity index (χ0v) is 19.0. The lowest BCUT2D eigenvalue weighted by molar-refractivity contribution is -0.115. The van der Waals surface area contributed by atoms with Crippen LogP contribution in [0, 0.1) is 13.8 Å². The maximum Gasteiger partial charge on any atom is 0.251 e. The second kappa shape index (κ2) is 9.75. The number of anilines is 1. The molecule has 2 aromatic carbocycles. The van der Waals surface area contributed by atoms with E-state index in [1.54, 1.807) is 36.4 Å². The molecular formula is C25H23ClN4O3. The van der Waals surface area contributed by atoms with Crippen LogP contribution in [-0.2, 0) is 11.4 Å². The zero-order chi connectivity index (χ0) is 23.4. The van der Waals surface area contributed by atoms with E-state index in [2.05, 4.69) is 15.6 Å². The highest BCUT2D eigenvalue weighted by atomic mass is 35.5. The van der Waals surface area contributed by atoms with Gasteiger partial charge in [-0.05, 0) is 67.4 Å². The number of nitrogens with zero attached hydrogens (tertiary/aromatic N) is 2. The molecule has 2 N–H and O–H groups in total. The molecule has 0 unspecified atom stereocenters. The van der Waals surface area contributed by atoms with E-state index in [4.69, 9.17) is 16.3 Å². The van der Waals surface area contributed by atoms with Crippen molar-refractivity contribution in [2.75, 3.05) is 11.9 Å². The number of amides is 2. The molecule has 2 amide bonds. The predicted molar refractivity (Wildman–Crippen MR) is 128 cm³/mol. The first-order valence-electron chi connectivity index (χ1n) is 10.4. The maximum atomic E-state index is 12.4. The van der Waals surface area contributed by atoms with Crippen LogP contribution in [0.4, 0.5) is 5.69 Å². The molecule has 0 atom stereocenters. The van der Waals surface area contributed by atoms with Crippen LogP contribution in [0.3, 0.4) is 0 Å². The summed E-state index contributed by atoms with van der Waals surface area (Å²) >= 11 is 6.12. The summed E-state index contributed by atoms with van der Waals surface area (Å²) in [6, 6.07) is 16.0. The third kappa shape index (κ3) is 5.51. The second-order valence-electron chi connectivity index (χ2n) is 7.68. The van der Waals surface area contributed by atoms with Crippen LogP contribution in [0.5, 0.6) is 5.75 Å². The van der Waals surface area contributed by atoms with E-state index in [-0.39, 0.29) is 18.4 Å². The molecule has 7 nitrogen and oxygen atoms in total. The van der Waals surface area contributed by atoms with Crippen molar-refractivity contribution >= 4 is 34.7 Å². The lowest BCUT2D eigenvalue weighted by atomic mass is 10.2. The molecular weight excluding hydrogens is 440 g/mol. The number of carbonyl (C=O) groups is 2. The number of benzene rings is 2. The van der Waals surface area contributed by atoms with Crippen molar-refractivity contribution in [1.82, 2.24) is 14.7 Å². The summed E-state index contributed by atoms with van der Waals surface area (Å²) in [6.07, 6.45) is 3.88. The smallest absolute Gasteiger partial charge is 0.251 e. The van der Waals surface area contributed by atoms with Crippen molar-refractivity contribution < 1.29 is 14.3 Å². The fraction of sp³-hybridized carbons (Fsp3) is 0.160. The molecule has 0 aliphatic heterocycles. The number of hydrogen-bond donors (Lipinski definition) is 2. The Hall–Kier alpha value is -3.84. The van der Waals surface area contributed by atoms with Crippen LogP contribution in [0.1, 0.15) is 27.2 Å². The fourth-order valence-corrected chi connectivity index (χ4v) is 3.59. The summed E-state index contributed by atoms with van der Waals surface area (Å²) in [7, 11) is 0. The lowest BCUT2D eigenvalue weighted by Gasteiger charge is -2.09. The fourth-order valence-electron chi connectivity index (χ4n) is 3.31. The molecule has 0 saturated carbocycles. The molecule has 0 radical (unpaired) electrons. The highest BCUT2D eigenvalue weighted by Gasteiger charge is 2.11. The Labute approximate surface area is 196 Å². The molecule has 4 aromatic rings. The van der Waals surface area contributed by atoms with Gasteiger partial charge in [-0.3, -0.25) is 9.59 Å². The Morgan fingerprint density at radius 1 is 1.09 bits per heavy atom. The molecule has 0 bridgehead atoms.